The number of benzene rings is 1. The number of phenols is 1. The Morgan fingerprint density at radius 3 is 2.71 bits per heavy atom. The molecule has 4 heteroatoms. The second-order valence-electron chi connectivity index (χ2n) is 3.10. The standard InChI is InChI=1S/C10H14ClNO.ClH/c1-2-3-9(12)8-6-7(11)4-5-10(8)13;/h4-6,9,13H,2-3,12H2,1H3;1H/t9-;/m1./s1. The molecule has 0 aliphatic rings. The maximum atomic E-state index is 9.49. The van der Waals surface area contributed by atoms with Crippen molar-refractivity contribution < 1.29 is 5.11 Å². The minimum Gasteiger partial charge on any atom is -0.508 e. The van der Waals surface area contributed by atoms with Crippen LogP contribution in [0.5, 0.6) is 5.75 Å². The van der Waals surface area contributed by atoms with E-state index in [1.165, 1.54) is 0 Å². The van der Waals surface area contributed by atoms with Gasteiger partial charge in [0.1, 0.15) is 5.75 Å². The van der Waals surface area contributed by atoms with Gasteiger partial charge >= 0.3 is 0 Å². The molecule has 0 unspecified atom stereocenters. The van der Waals surface area contributed by atoms with Crippen LogP contribution in [0.15, 0.2) is 18.2 Å². The molecular formula is C10H15Cl2NO. The Labute approximate surface area is 95.5 Å². The van der Waals surface area contributed by atoms with Gasteiger partial charge in [-0.25, -0.2) is 0 Å². The molecule has 0 fully saturated rings. The minimum absolute atomic E-state index is 0. The van der Waals surface area contributed by atoms with Crippen LogP contribution < -0.4 is 5.73 Å². The van der Waals surface area contributed by atoms with E-state index in [2.05, 4.69) is 6.92 Å². The van der Waals surface area contributed by atoms with Gasteiger partial charge in [0.2, 0.25) is 0 Å². The van der Waals surface area contributed by atoms with Crippen molar-refractivity contribution in [3.05, 3.63) is 28.8 Å². The lowest BCUT2D eigenvalue weighted by Gasteiger charge is -2.12. The summed E-state index contributed by atoms with van der Waals surface area (Å²) in [6.07, 6.45) is 1.85. The van der Waals surface area contributed by atoms with E-state index in [1.54, 1.807) is 18.2 Å². The average molecular weight is 236 g/mol. The van der Waals surface area contributed by atoms with Crippen LogP contribution in [0.25, 0.3) is 0 Å². The Bertz CT molecular complexity index is 291. The lowest BCUT2D eigenvalue weighted by molar-refractivity contribution is 0.458. The Morgan fingerprint density at radius 1 is 1.50 bits per heavy atom. The molecule has 0 heterocycles. The van der Waals surface area contributed by atoms with Crippen LogP contribution in [0.3, 0.4) is 0 Å². The summed E-state index contributed by atoms with van der Waals surface area (Å²) in [5.41, 5.74) is 6.59. The summed E-state index contributed by atoms with van der Waals surface area (Å²) >= 11 is 5.79. The second kappa shape index (κ2) is 6.12. The predicted molar refractivity (Wildman–Crippen MR) is 62.2 cm³/mol. The van der Waals surface area contributed by atoms with Crippen LogP contribution in [0.4, 0.5) is 0 Å². The fourth-order valence-corrected chi connectivity index (χ4v) is 1.47. The number of rotatable bonds is 3. The van der Waals surface area contributed by atoms with Crippen LogP contribution in [0, 0.1) is 0 Å². The van der Waals surface area contributed by atoms with Crippen LogP contribution in [-0.2, 0) is 0 Å². The third-order valence-electron chi connectivity index (χ3n) is 1.99. The molecule has 0 bridgehead atoms. The van der Waals surface area contributed by atoms with Crippen molar-refractivity contribution >= 4 is 24.0 Å². The van der Waals surface area contributed by atoms with E-state index in [0.29, 0.717) is 5.02 Å². The summed E-state index contributed by atoms with van der Waals surface area (Å²) in [6.45, 7) is 2.06. The topological polar surface area (TPSA) is 46.2 Å². The Balaban J connectivity index is 0.00000169. The molecule has 0 radical (unpaired) electrons. The van der Waals surface area contributed by atoms with E-state index in [4.69, 9.17) is 17.3 Å². The Kier molecular flexibility index (Phi) is 5.93. The first kappa shape index (κ1) is 13.6. The van der Waals surface area contributed by atoms with Gasteiger partial charge in [-0.15, -0.1) is 12.4 Å². The number of hydrogen-bond acceptors (Lipinski definition) is 2. The molecule has 0 amide bonds. The zero-order valence-corrected chi connectivity index (χ0v) is 9.61. The lowest BCUT2D eigenvalue weighted by atomic mass is 10.0. The van der Waals surface area contributed by atoms with E-state index in [9.17, 15) is 5.11 Å². The number of phenolic OH excluding ortho intramolecular Hbond substituents is 1. The van der Waals surface area contributed by atoms with Crippen molar-refractivity contribution in [1.82, 2.24) is 0 Å². The van der Waals surface area contributed by atoms with Crippen molar-refractivity contribution in [2.75, 3.05) is 0 Å². The zero-order chi connectivity index (χ0) is 9.84. The van der Waals surface area contributed by atoms with Crippen molar-refractivity contribution in [3.63, 3.8) is 0 Å². The number of nitrogens with two attached hydrogens (primary N) is 1. The van der Waals surface area contributed by atoms with Gasteiger partial charge in [-0.05, 0) is 24.6 Å². The second-order valence-corrected chi connectivity index (χ2v) is 3.53. The number of hydrogen-bond donors (Lipinski definition) is 2. The van der Waals surface area contributed by atoms with E-state index in [0.717, 1.165) is 18.4 Å². The average Bonchev–Trinajstić information content (AvgIpc) is 2.09. The smallest absolute Gasteiger partial charge is 0.120 e. The van der Waals surface area contributed by atoms with E-state index < -0.39 is 0 Å². The third-order valence-corrected chi connectivity index (χ3v) is 2.22. The highest BCUT2D eigenvalue weighted by molar-refractivity contribution is 6.30. The Hall–Kier alpha value is -0.440. The molecule has 0 spiro atoms. The number of halogens is 2. The third kappa shape index (κ3) is 3.37. The van der Waals surface area contributed by atoms with E-state index >= 15 is 0 Å². The van der Waals surface area contributed by atoms with Gasteiger partial charge in [0.25, 0.3) is 0 Å². The molecule has 14 heavy (non-hydrogen) atoms. The van der Waals surface area contributed by atoms with Gasteiger partial charge in [0, 0.05) is 16.6 Å². The van der Waals surface area contributed by atoms with Crippen LogP contribution in [0.2, 0.25) is 5.02 Å². The first-order chi connectivity index (χ1) is 6.15. The fourth-order valence-electron chi connectivity index (χ4n) is 1.29. The van der Waals surface area contributed by atoms with E-state index in [1.807, 2.05) is 0 Å². The van der Waals surface area contributed by atoms with Crippen LogP contribution in [0.1, 0.15) is 31.4 Å². The quantitative estimate of drug-likeness (QED) is 0.845. The molecule has 3 N–H and O–H groups in total. The maximum Gasteiger partial charge on any atom is 0.120 e. The van der Waals surface area contributed by atoms with Crippen molar-refractivity contribution in [1.29, 1.82) is 0 Å². The minimum atomic E-state index is -0.122. The van der Waals surface area contributed by atoms with Gasteiger partial charge in [0.05, 0.1) is 0 Å². The molecule has 0 saturated carbocycles. The summed E-state index contributed by atoms with van der Waals surface area (Å²) in [6, 6.07) is 4.83. The summed E-state index contributed by atoms with van der Waals surface area (Å²) < 4.78 is 0. The molecular weight excluding hydrogens is 221 g/mol. The fraction of sp³-hybridized carbons (Fsp3) is 0.400. The SMILES string of the molecule is CCC[C@@H](N)c1cc(Cl)ccc1O.Cl. The molecule has 0 aromatic heterocycles. The number of aromatic hydroxyl groups is 1. The summed E-state index contributed by atoms with van der Waals surface area (Å²) in [7, 11) is 0. The Morgan fingerprint density at radius 2 is 2.14 bits per heavy atom. The summed E-state index contributed by atoms with van der Waals surface area (Å²) in [5, 5.41) is 10.1. The lowest BCUT2D eigenvalue weighted by Crippen LogP contribution is -2.09. The van der Waals surface area contributed by atoms with Gasteiger partial charge in [-0.1, -0.05) is 24.9 Å². The van der Waals surface area contributed by atoms with Crippen molar-refractivity contribution in [3.8, 4) is 5.75 Å². The normalized spacial score (nSPS) is 11.9. The van der Waals surface area contributed by atoms with Crippen LogP contribution in [-0.4, -0.2) is 5.11 Å². The molecule has 0 saturated heterocycles. The summed E-state index contributed by atoms with van der Waals surface area (Å²) in [4.78, 5) is 0. The van der Waals surface area contributed by atoms with Crippen molar-refractivity contribution in [2.45, 2.75) is 25.8 Å². The highest BCUT2D eigenvalue weighted by Crippen LogP contribution is 2.28. The highest BCUT2D eigenvalue weighted by atomic mass is 35.5. The van der Waals surface area contributed by atoms with Gasteiger partial charge < -0.3 is 10.8 Å². The molecule has 0 aliphatic carbocycles. The van der Waals surface area contributed by atoms with Gasteiger partial charge in [-0.2, -0.15) is 0 Å². The van der Waals surface area contributed by atoms with E-state index in [-0.39, 0.29) is 24.2 Å². The monoisotopic (exact) mass is 235 g/mol. The molecule has 1 atom stereocenters. The zero-order valence-electron chi connectivity index (χ0n) is 8.03. The molecule has 80 valence electrons. The largest absolute Gasteiger partial charge is 0.508 e. The first-order valence-corrected chi connectivity index (χ1v) is 4.77. The van der Waals surface area contributed by atoms with Gasteiger partial charge in [0.15, 0.2) is 0 Å². The van der Waals surface area contributed by atoms with Crippen molar-refractivity contribution in [2.24, 2.45) is 5.73 Å². The molecule has 2 nitrogen and oxygen atoms in total. The first-order valence-electron chi connectivity index (χ1n) is 4.39. The van der Waals surface area contributed by atoms with Crippen LogP contribution >= 0.6 is 24.0 Å². The van der Waals surface area contributed by atoms with Gasteiger partial charge in [-0.3, -0.25) is 0 Å². The summed E-state index contributed by atoms with van der Waals surface area (Å²) in [5.74, 6) is 0.227. The molecule has 1 aromatic carbocycles. The predicted octanol–water partition coefficient (Wildman–Crippen LogP) is 3.27. The maximum absolute atomic E-state index is 9.49. The molecule has 1 aromatic rings. The molecule has 1 rings (SSSR count). The molecule has 0 aliphatic heterocycles. The highest BCUT2D eigenvalue weighted by Gasteiger charge is 2.09.